The standard InChI is InChI=1S/C17H20N4O2S/c22-17(19-8-13-11-24-16(20-13)12-3-4-12)21-7-5-15(10-21)23-14-2-1-6-18-9-14/h1-2,6,9,11-12,15H,3-5,7-8,10H2,(H,19,22)/t15-/m1/s1. The summed E-state index contributed by atoms with van der Waals surface area (Å²) in [4.78, 5) is 22.7. The molecule has 6 nitrogen and oxygen atoms in total. The van der Waals surface area contributed by atoms with Gasteiger partial charge in [0.2, 0.25) is 0 Å². The molecule has 2 aromatic heterocycles. The number of aromatic nitrogens is 2. The van der Waals surface area contributed by atoms with Crippen LogP contribution in [0.3, 0.4) is 0 Å². The Morgan fingerprint density at radius 2 is 2.33 bits per heavy atom. The number of nitrogens with zero attached hydrogens (tertiary/aromatic N) is 3. The van der Waals surface area contributed by atoms with Crippen LogP contribution in [0.2, 0.25) is 0 Å². The van der Waals surface area contributed by atoms with Gasteiger partial charge in [0, 0.05) is 30.5 Å². The summed E-state index contributed by atoms with van der Waals surface area (Å²) in [6.07, 6.45) is 6.79. The zero-order chi connectivity index (χ0) is 16.4. The van der Waals surface area contributed by atoms with Crippen LogP contribution in [0.25, 0.3) is 0 Å². The lowest BCUT2D eigenvalue weighted by molar-refractivity contribution is 0.186. The molecule has 3 heterocycles. The molecule has 1 atom stereocenters. The predicted molar refractivity (Wildman–Crippen MR) is 91.2 cm³/mol. The molecule has 2 amide bonds. The number of pyridine rings is 1. The van der Waals surface area contributed by atoms with E-state index in [1.165, 1.54) is 17.8 Å². The molecule has 24 heavy (non-hydrogen) atoms. The van der Waals surface area contributed by atoms with Gasteiger partial charge in [-0.1, -0.05) is 0 Å². The largest absolute Gasteiger partial charge is 0.487 e. The fourth-order valence-electron chi connectivity index (χ4n) is 2.82. The second-order valence-corrected chi connectivity index (χ2v) is 7.16. The van der Waals surface area contributed by atoms with Crippen molar-refractivity contribution in [1.82, 2.24) is 20.2 Å². The van der Waals surface area contributed by atoms with E-state index in [-0.39, 0.29) is 12.1 Å². The Labute approximate surface area is 144 Å². The SMILES string of the molecule is O=C(NCc1csc(C2CC2)n1)N1CC[C@@H](Oc2cccnc2)C1. The van der Waals surface area contributed by atoms with Crippen LogP contribution in [-0.4, -0.2) is 40.1 Å². The summed E-state index contributed by atoms with van der Waals surface area (Å²) in [5, 5.41) is 6.22. The molecular weight excluding hydrogens is 324 g/mol. The first-order valence-electron chi connectivity index (χ1n) is 8.31. The topological polar surface area (TPSA) is 67.4 Å². The van der Waals surface area contributed by atoms with Crippen LogP contribution in [-0.2, 0) is 6.54 Å². The van der Waals surface area contributed by atoms with Crippen LogP contribution in [0.5, 0.6) is 5.75 Å². The first kappa shape index (κ1) is 15.4. The average molecular weight is 344 g/mol. The molecule has 0 aromatic carbocycles. The molecule has 1 N–H and O–H groups in total. The van der Waals surface area contributed by atoms with Gasteiger partial charge in [-0.15, -0.1) is 11.3 Å². The van der Waals surface area contributed by atoms with E-state index in [9.17, 15) is 4.79 Å². The fraction of sp³-hybridized carbons (Fsp3) is 0.471. The number of carbonyl (C=O) groups excluding carboxylic acids is 1. The second-order valence-electron chi connectivity index (χ2n) is 6.27. The van der Waals surface area contributed by atoms with Crippen LogP contribution < -0.4 is 10.1 Å². The molecule has 2 aliphatic rings. The zero-order valence-corrected chi connectivity index (χ0v) is 14.2. The summed E-state index contributed by atoms with van der Waals surface area (Å²) in [6.45, 7) is 1.80. The molecule has 2 aromatic rings. The number of likely N-dealkylation sites (tertiary alicyclic amines) is 1. The molecular formula is C17H20N4O2S. The summed E-state index contributed by atoms with van der Waals surface area (Å²) in [5.41, 5.74) is 0.956. The van der Waals surface area contributed by atoms with Crippen molar-refractivity contribution in [1.29, 1.82) is 0 Å². The lowest BCUT2D eigenvalue weighted by Crippen LogP contribution is -2.39. The number of nitrogens with one attached hydrogen (secondary N) is 1. The van der Waals surface area contributed by atoms with Gasteiger partial charge in [0.15, 0.2) is 0 Å². The monoisotopic (exact) mass is 344 g/mol. The number of hydrogen-bond acceptors (Lipinski definition) is 5. The lowest BCUT2D eigenvalue weighted by Gasteiger charge is -2.17. The summed E-state index contributed by atoms with van der Waals surface area (Å²) < 4.78 is 5.86. The third-order valence-electron chi connectivity index (χ3n) is 4.29. The molecule has 0 bridgehead atoms. The van der Waals surface area contributed by atoms with Gasteiger partial charge >= 0.3 is 6.03 Å². The van der Waals surface area contributed by atoms with Gasteiger partial charge in [-0.05, 0) is 25.0 Å². The maximum Gasteiger partial charge on any atom is 0.317 e. The highest BCUT2D eigenvalue weighted by atomic mass is 32.1. The second kappa shape index (κ2) is 6.76. The summed E-state index contributed by atoms with van der Waals surface area (Å²) in [7, 11) is 0. The van der Waals surface area contributed by atoms with Gasteiger partial charge in [-0.3, -0.25) is 4.98 Å². The molecule has 126 valence electrons. The third kappa shape index (κ3) is 3.67. The number of rotatable bonds is 5. The molecule has 0 spiro atoms. The summed E-state index contributed by atoms with van der Waals surface area (Å²) in [5.74, 6) is 1.42. The molecule has 2 fully saturated rings. The molecule has 1 aliphatic heterocycles. The molecule has 1 saturated heterocycles. The molecule has 1 saturated carbocycles. The highest BCUT2D eigenvalue weighted by Crippen LogP contribution is 2.41. The Bertz CT molecular complexity index is 702. The van der Waals surface area contributed by atoms with E-state index >= 15 is 0 Å². The highest BCUT2D eigenvalue weighted by molar-refractivity contribution is 7.09. The maximum absolute atomic E-state index is 12.3. The van der Waals surface area contributed by atoms with Crippen molar-refractivity contribution < 1.29 is 9.53 Å². The minimum Gasteiger partial charge on any atom is -0.487 e. The normalized spacial score (nSPS) is 20.2. The third-order valence-corrected chi connectivity index (χ3v) is 5.34. The van der Waals surface area contributed by atoms with Crippen LogP contribution in [0, 0.1) is 0 Å². The van der Waals surface area contributed by atoms with Crippen LogP contribution in [0.1, 0.15) is 35.9 Å². The first-order chi connectivity index (χ1) is 11.8. The molecule has 7 heteroatoms. The smallest absolute Gasteiger partial charge is 0.317 e. The number of hydrogen-bond donors (Lipinski definition) is 1. The van der Waals surface area contributed by atoms with E-state index in [0.29, 0.717) is 25.6 Å². The summed E-state index contributed by atoms with van der Waals surface area (Å²) >= 11 is 1.70. The van der Waals surface area contributed by atoms with E-state index < -0.39 is 0 Å². The van der Waals surface area contributed by atoms with E-state index in [1.54, 1.807) is 28.6 Å². The van der Waals surface area contributed by atoms with Gasteiger partial charge in [0.25, 0.3) is 0 Å². The van der Waals surface area contributed by atoms with Gasteiger partial charge in [0.05, 0.1) is 30.0 Å². The van der Waals surface area contributed by atoms with Crippen molar-refractivity contribution in [3.63, 3.8) is 0 Å². The van der Waals surface area contributed by atoms with Crippen LogP contribution in [0.15, 0.2) is 29.9 Å². The molecule has 4 rings (SSSR count). The minimum absolute atomic E-state index is 0.0284. The highest BCUT2D eigenvalue weighted by Gasteiger charge is 2.28. The van der Waals surface area contributed by atoms with Gasteiger partial charge in [0.1, 0.15) is 11.9 Å². The van der Waals surface area contributed by atoms with Gasteiger partial charge in [-0.25, -0.2) is 9.78 Å². The zero-order valence-electron chi connectivity index (χ0n) is 13.4. The number of amides is 2. The minimum atomic E-state index is -0.0479. The first-order valence-corrected chi connectivity index (χ1v) is 9.19. The molecule has 1 aliphatic carbocycles. The molecule has 0 unspecified atom stereocenters. The van der Waals surface area contributed by atoms with Crippen molar-refractivity contribution >= 4 is 17.4 Å². The van der Waals surface area contributed by atoms with Crippen molar-refractivity contribution in [2.75, 3.05) is 13.1 Å². The predicted octanol–water partition coefficient (Wildman–Crippen LogP) is 2.78. The number of carbonyl (C=O) groups is 1. The summed E-state index contributed by atoms with van der Waals surface area (Å²) in [6, 6.07) is 3.68. The van der Waals surface area contributed by atoms with Crippen molar-refractivity contribution in [3.8, 4) is 5.75 Å². The van der Waals surface area contributed by atoms with Crippen LogP contribution in [0.4, 0.5) is 4.79 Å². The Morgan fingerprint density at radius 3 is 3.12 bits per heavy atom. The lowest BCUT2D eigenvalue weighted by atomic mass is 10.3. The van der Waals surface area contributed by atoms with Gasteiger partial charge in [-0.2, -0.15) is 0 Å². The Kier molecular flexibility index (Phi) is 4.34. The molecule has 0 radical (unpaired) electrons. The maximum atomic E-state index is 12.3. The average Bonchev–Trinajstić information content (AvgIpc) is 3.17. The fourth-order valence-corrected chi connectivity index (χ4v) is 3.81. The van der Waals surface area contributed by atoms with Crippen molar-refractivity contribution in [2.24, 2.45) is 0 Å². The van der Waals surface area contributed by atoms with Crippen LogP contribution >= 0.6 is 11.3 Å². The number of urea groups is 1. The Hall–Kier alpha value is -2.15. The van der Waals surface area contributed by atoms with Crippen molar-refractivity contribution in [2.45, 2.75) is 37.8 Å². The van der Waals surface area contributed by atoms with E-state index in [1.807, 2.05) is 17.5 Å². The Balaban J connectivity index is 1.24. The Morgan fingerprint density at radius 1 is 1.42 bits per heavy atom. The quantitative estimate of drug-likeness (QED) is 0.906. The van der Waals surface area contributed by atoms with E-state index in [0.717, 1.165) is 17.9 Å². The van der Waals surface area contributed by atoms with Crippen molar-refractivity contribution in [3.05, 3.63) is 40.6 Å². The van der Waals surface area contributed by atoms with E-state index in [4.69, 9.17) is 4.74 Å². The number of ether oxygens (including phenoxy) is 1. The number of thiazole rings is 1. The van der Waals surface area contributed by atoms with Gasteiger partial charge < -0.3 is 15.0 Å². The van der Waals surface area contributed by atoms with E-state index in [2.05, 4.69) is 15.3 Å².